The minimum atomic E-state index is -0.456. The van der Waals surface area contributed by atoms with E-state index in [1.165, 1.54) is 6.07 Å². The monoisotopic (exact) mass is 323 g/mol. The van der Waals surface area contributed by atoms with E-state index in [2.05, 4.69) is 0 Å². The molecule has 2 N–H and O–H groups in total. The number of rotatable bonds is 6. The Hall–Kier alpha value is -2.85. The molecule has 4 heteroatoms. The summed E-state index contributed by atoms with van der Waals surface area (Å²) >= 11 is 0. The van der Waals surface area contributed by atoms with E-state index in [1.807, 2.05) is 42.5 Å². The lowest BCUT2D eigenvalue weighted by Crippen LogP contribution is -1.97. The lowest BCUT2D eigenvalue weighted by molar-refractivity contribution is 0.289. The van der Waals surface area contributed by atoms with Crippen LogP contribution in [0.25, 0.3) is 0 Å². The fraction of sp³-hybridized carbons (Fsp3) is 0.100. The first kappa shape index (κ1) is 16.0. The highest BCUT2D eigenvalue weighted by atomic mass is 19.1. The van der Waals surface area contributed by atoms with Gasteiger partial charge in [-0.25, -0.2) is 4.39 Å². The molecule has 0 aromatic heterocycles. The maximum atomic E-state index is 14.2. The van der Waals surface area contributed by atoms with E-state index in [9.17, 15) is 4.39 Å². The molecule has 3 aromatic rings. The van der Waals surface area contributed by atoms with Crippen molar-refractivity contribution in [1.29, 1.82) is 0 Å². The van der Waals surface area contributed by atoms with Crippen molar-refractivity contribution in [2.24, 2.45) is 5.73 Å². The van der Waals surface area contributed by atoms with Crippen molar-refractivity contribution in [2.75, 3.05) is 0 Å². The zero-order chi connectivity index (χ0) is 16.8. The van der Waals surface area contributed by atoms with Gasteiger partial charge in [0.1, 0.15) is 18.1 Å². The molecule has 0 radical (unpaired) electrons. The van der Waals surface area contributed by atoms with Crippen LogP contribution in [0.2, 0.25) is 0 Å². The number of benzene rings is 3. The Balaban J connectivity index is 1.65. The highest BCUT2D eigenvalue weighted by Gasteiger charge is 2.07. The van der Waals surface area contributed by atoms with Gasteiger partial charge in [-0.2, -0.15) is 0 Å². The third-order valence-corrected chi connectivity index (χ3v) is 3.54. The van der Waals surface area contributed by atoms with Gasteiger partial charge in [0.2, 0.25) is 0 Å². The molecule has 0 atom stereocenters. The van der Waals surface area contributed by atoms with Gasteiger partial charge < -0.3 is 15.2 Å². The van der Waals surface area contributed by atoms with Crippen LogP contribution in [0.3, 0.4) is 0 Å². The van der Waals surface area contributed by atoms with Crippen LogP contribution in [-0.4, -0.2) is 0 Å². The minimum absolute atomic E-state index is 0.199. The summed E-state index contributed by atoms with van der Waals surface area (Å²) in [6.07, 6.45) is 0. The fourth-order valence-electron chi connectivity index (χ4n) is 2.23. The van der Waals surface area contributed by atoms with Gasteiger partial charge in [0, 0.05) is 12.6 Å². The van der Waals surface area contributed by atoms with Gasteiger partial charge in [-0.15, -0.1) is 0 Å². The first-order valence-corrected chi connectivity index (χ1v) is 7.68. The molecule has 122 valence electrons. The molecule has 3 nitrogen and oxygen atoms in total. The summed E-state index contributed by atoms with van der Waals surface area (Å²) in [5, 5.41) is 0. The van der Waals surface area contributed by atoms with Crippen molar-refractivity contribution in [3.8, 4) is 17.2 Å². The number of hydrogen-bond acceptors (Lipinski definition) is 3. The van der Waals surface area contributed by atoms with E-state index < -0.39 is 5.82 Å². The second-order valence-electron chi connectivity index (χ2n) is 5.32. The van der Waals surface area contributed by atoms with Crippen LogP contribution in [0.1, 0.15) is 11.1 Å². The van der Waals surface area contributed by atoms with E-state index in [1.54, 1.807) is 24.3 Å². The largest absolute Gasteiger partial charge is 0.486 e. The highest BCUT2D eigenvalue weighted by molar-refractivity contribution is 5.37. The van der Waals surface area contributed by atoms with Gasteiger partial charge in [0.25, 0.3) is 0 Å². The van der Waals surface area contributed by atoms with Crippen LogP contribution in [0.5, 0.6) is 17.2 Å². The second kappa shape index (κ2) is 7.62. The lowest BCUT2D eigenvalue weighted by atomic mass is 10.2. The average molecular weight is 323 g/mol. The SMILES string of the molecule is NCc1ccc(Oc2ccc(OCc3ccccc3)c(F)c2)cc1. The van der Waals surface area contributed by atoms with E-state index in [0.29, 0.717) is 24.7 Å². The van der Waals surface area contributed by atoms with Crippen molar-refractivity contribution >= 4 is 0 Å². The van der Waals surface area contributed by atoms with Crippen LogP contribution < -0.4 is 15.2 Å². The number of ether oxygens (including phenoxy) is 2. The summed E-state index contributed by atoms with van der Waals surface area (Å²) in [7, 11) is 0. The predicted molar refractivity (Wildman–Crippen MR) is 91.6 cm³/mol. The Morgan fingerprint density at radius 2 is 1.50 bits per heavy atom. The van der Waals surface area contributed by atoms with Crippen LogP contribution in [0, 0.1) is 5.82 Å². The van der Waals surface area contributed by atoms with Gasteiger partial charge in [-0.1, -0.05) is 42.5 Å². The van der Waals surface area contributed by atoms with Crippen molar-refractivity contribution in [2.45, 2.75) is 13.2 Å². The van der Waals surface area contributed by atoms with Gasteiger partial charge in [-0.05, 0) is 35.4 Å². The highest BCUT2D eigenvalue weighted by Crippen LogP contribution is 2.27. The third-order valence-electron chi connectivity index (χ3n) is 3.54. The Morgan fingerprint density at radius 1 is 0.792 bits per heavy atom. The Kier molecular flexibility index (Phi) is 5.08. The molecule has 0 heterocycles. The average Bonchev–Trinajstić information content (AvgIpc) is 2.62. The maximum Gasteiger partial charge on any atom is 0.168 e. The first-order valence-electron chi connectivity index (χ1n) is 7.68. The molecule has 0 bridgehead atoms. The second-order valence-corrected chi connectivity index (χ2v) is 5.32. The topological polar surface area (TPSA) is 44.5 Å². The van der Waals surface area contributed by atoms with E-state index in [4.69, 9.17) is 15.2 Å². The molecule has 0 aliphatic carbocycles. The molecule has 0 saturated carbocycles. The van der Waals surface area contributed by atoms with E-state index in [-0.39, 0.29) is 5.75 Å². The van der Waals surface area contributed by atoms with E-state index >= 15 is 0 Å². The molecular formula is C20H18FNO2. The van der Waals surface area contributed by atoms with Crippen molar-refractivity contribution in [1.82, 2.24) is 0 Å². The molecule has 0 aliphatic heterocycles. The standard InChI is InChI=1S/C20H18FNO2/c21-19-12-18(24-17-8-6-15(13-22)7-9-17)10-11-20(19)23-14-16-4-2-1-3-5-16/h1-12H,13-14,22H2. The summed E-state index contributed by atoms with van der Waals surface area (Å²) in [6, 6.07) is 21.6. The molecule has 0 amide bonds. The number of hydrogen-bond donors (Lipinski definition) is 1. The molecule has 24 heavy (non-hydrogen) atoms. The quantitative estimate of drug-likeness (QED) is 0.718. The minimum Gasteiger partial charge on any atom is -0.486 e. The van der Waals surface area contributed by atoms with Gasteiger partial charge in [-0.3, -0.25) is 0 Å². The summed E-state index contributed by atoms with van der Waals surface area (Å²) in [5.74, 6) is 0.788. The zero-order valence-corrected chi connectivity index (χ0v) is 13.1. The van der Waals surface area contributed by atoms with Gasteiger partial charge in [0.15, 0.2) is 11.6 Å². The maximum absolute atomic E-state index is 14.2. The van der Waals surface area contributed by atoms with Crippen LogP contribution >= 0.6 is 0 Å². The summed E-state index contributed by atoms with van der Waals surface area (Å²) in [4.78, 5) is 0. The van der Waals surface area contributed by atoms with Crippen molar-refractivity contribution < 1.29 is 13.9 Å². The normalized spacial score (nSPS) is 10.4. The summed E-state index contributed by atoms with van der Waals surface area (Å²) in [6.45, 7) is 0.793. The molecule has 0 fully saturated rings. The molecular weight excluding hydrogens is 305 g/mol. The predicted octanol–water partition coefficient (Wildman–Crippen LogP) is 4.66. The summed E-state index contributed by atoms with van der Waals surface area (Å²) < 4.78 is 25.3. The Bertz CT molecular complexity index is 788. The molecule has 0 spiro atoms. The van der Waals surface area contributed by atoms with Crippen LogP contribution in [-0.2, 0) is 13.2 Å². The molecule has 3 rings (SSSR count). The van der Waals surface area contributed by atoms with Crippen LogP contribution in [0.15, 0.2) is 72.8 Å². The zero-order valence-electron chi connectivity index (χ0n) is 13.1. The van der Waals surface area contributed by atoms with E-state index in [0.717, 1.165) is 11.1 Å². The molecule has 0 aliphatic rings. The lowest BCUT2D eigenvalue weighted by Gasteiger charge is -2.10. The number of nitrogens with two attached hydrogens (primary N) is 1. The van der Waals surface area contributed by atoms with Gasteiger partial charge >= 0.3 is 0 Å². The summed E-state index contributed by atoms with van der Waals surface area (Å²) in [5.41, 5.74) is 7.55. The Labute approximate surface area is 140 Å². The molecule has 0 saturated heterocycles. The molecule has 0 unspecified atom stereocenters. The van der Waals surface area contributed by atoms with Crippen molar-refractivity contribution in [3.63, 3.8) is 0 Å². The molecule has 3 aromatic carbocycles. The van der Waals surface area contributed by atoms with Crippen LogP contribution in [0.4, 0.5) is 4.39 Å². The number of halogens is 1. The smallest absolute Gasteiger partial charge is 0.168 e. The van der Waals surface area contributed by atoms with Crippen molar-refractivity contribution in [3.05, 3.63) is 89.7 Å². The Morgan fingerprint density at radius 3 is 2.17 bits per heavy atom. The third kappa shape index (κ3) is 4.12. The van der Waals surface area contributed by atoms with Gasteiger partial charge in [0.05, 0.1) is 0 Å². The fourth-order valence-corrected chi connectivity index (χ4v) is 2.23. The first-order chi connectivity index (χ1) is 11.7.